The van der Waals surface area contributed by atoms with Crippen LogP contribution in [0.15, 0.2) is 0 Å². The van der Waals surface area contributed by atoms with E-state index in [-0.39, 0.29) is 6.10 Å². The molecule has 0 radical (unpaired) electrons. The van der Waals surface area contributed by atoms with Gasteiger partial charge in [0, 0.05) is 32.2 Å². The zero-order chi connectivity index (χ0) is 13.0. The Morgan fingerprint density at radius 3 is 2.72 bits per heavy atom. The molecular weight excluding hydrogens is 228 g/mol. The third-order valence-corrected chi connectivity index (χ3v) is 4.18. The fraction of sp³-hybridized carbons (Fsp3) is 1.00. The molecule has 2 N–H and O–H groups in total. The Balaban J connectivity index is 1.61. The number of ether oxygens (including phenoxy) is 1. The third-order valence-electron chi connectivity index (χ3n) is 4.18. The van der Waals surface area contributed by atoms with Crippen LogP contribution in [0.4, 0.5) is 0 Å². The molecule has 1 aliphatic carbocycles. The van der Waals surface area contributed by atoms with E-state index in [4.69, 9.17) is 4.74 Å². The molecule has 0 spiro atoms. The van der Waals surface area contributed by atoms with Crippen LogP contribution < -0.4 is 5.32 Å². The number of aliphatic hydroxyl groups excluding tert-OH is 1. The highest BCUT2D eigenvalue weighted by molar-refractivity contribution is 4.87. The molecule has 4 heteroatoms. The molecule has 0 amide bonds. The molecule has 2 rings (SSSR count). The van der Waals surface area contributed by atoms with Crippen molar-refractivity contribution >= 4 is 0 Å². The molecule has 0 aromatic rings. The van der Waals surface area contributed by atoms with Gasteiger partial charge >= 0.3 is 0 Å². The second kappa shape index (κ2) is 6.33. The van der Waals surface area contributed by atoms with Gasteiger partial charge in [-0.05, 0) is 24.7 Å². The lowest BCUT2D eigenvalue weighted by Gasteiger charge is -2.29. The molecule has 1 saturated heterocycles. The van der Waals surface area contributed by atoms with Gasteiger partial charge in [-0.25, -0.2) is 0 Å². The zero-order valence-electron chi connectivity index (χ0n) is 11.8. The normalized spacial score (nSPS) is 30.5. The molecule has 1 heterocycles. The maximum Gasteiger partial charge on any atom is 0.0791 e. The molecule has 1 aliphatic heterocycles. The highest BCUT2D eigenvalue weighted by Gasteiger charge is 2.30. The van der Waals surface area contributed by atoms with Gasteiger partial charge < -0.3 is 15.2 Å². The topological polar surface area (TPSA) is 44.7 Å². The van der Waals surface area contributed by atoms with Crippen LogP contribution in [0, 0.1) is 5.41 Å². The fourth-order valence-corrected chi connectivity index (χ4v) is 3.06. The van der Waals surface area contributed by atoms with Gasteiger partial charge in [0.15, 0.2) is 0 Å². The highest BCUT2D eigenvalue weighted by atomic mass is 16.5. The first-order valence-corrected chi connectivity index (χ1v) is 7.27. The number of nitrogens with zero attached hydrogens (tertiary/aromatic N) is 1. The molecule has 2 atom stereocenters. The van der Waals surface area contributed by atoms with E-state index in [1.165, 1.54) is 19.3 Å². The number of rotatable bonds is 5. The van der Waals surface area contributed by atoms with Crippen molar-refractivity contribution in [1.29, 1.82) is 0 Å². The van der Waals surface area contributed by atoms with Gasteiger partial charge in [-0.3, -0.25) is 4.90 Å². The standard InChI is InChI=1S/C14H28N2O2/c1-14(2)4-3-12(9-14)15-10-13(17)11-16-5-7-18-8-6-16/h12-13,15,17H,3-11H2,1-2H3. The van der Waals surface area contributed by atoms with Gasteiger partial charge in [0.1, 0.15) is 0 Å². The van der Waals surface area contributed by atoms with Gasteiger partial charge in [0.2, 0.25) is 0 Å². The van der Waals surface area contributed by atoms with Gasteiger partial charge in [0.05, 0.1) is 19.3 Å². The predicted molar refractivity (Wildman–Crippen MR) is 72.7 cm³/mol. The summed E-state index contributed by atoms with van der Waals surface area (Å²) in [5.74, 6) is 0. The van der Waals surface area contributed by atoms with Crippen molar-refractivity contribution in [1.82, 2.24) is 10.2 Å². The van der Waals surface area contributed by atoms with Crippen molar-refractivity contribution in [3.63, 3.8) is 0 Å². The number of aliphatic hydroxyl groups is 1. The summed E-state index contributed by atoms with van der Waals surface area (Å²) in [5, 5.41) is 13.6. The summed E-state index contributed by atoms with van der Waals surface area (Å²) in [6.45, 7) is 9.66. The third kappa shape index (κ3) is 4.50. The minimum atomic E-state index is -0.258. The summed E-state index contributed by atoms with van der Waals surface area (Å²) in [7, 11) is 0. The van der Waals surface area contributed by atoms with E-state index in [1.54, 1.807) is 0 Å². The number of β-amino-alcohol motifs (C(OH)–C–C–N with tert-alkyl or cyclic N) is 1. The molecule has 2 unspecified atom stereocenters. The van der Waals surface area contributed by atoms with E-state index in [9.17, 15) is 5.11 Å². The molecule has 106 valence electrons. The zero-order valence-corrected chi connectivity index (χ0v) is 11.8. The number of hydrogen-bond acceptors (Lipinski definition) is 4. The van der Waals surface area contributed by atoms with Crippen molar-refractivity contribution in [3.05, 3.63) is 0 Å². The second-order valence-electron chi connectivity index (χ2n) is 6.58. The van der Waals surface area contributed by atoms with Crippen LogP contribution >= 0.6 is 0 Å². The maximum atomic E-state index is 10.0. The molecular formula is C14H28N2O2. The SMILES string of the molecule is CC1(C)CCC(NCC(O)CN2CCOCC2)C1. The van der Waals surface area contributed by atoms with E-state index < -0.39 is 0 Å². The minimum absolute atomic E-state index is 0.258. The average Bonchev–Trinajstić information content (AvgIpc) is 2.68. The molecule has 2 aliphatic rings. The Hall–Kier alpha value is -0.160. The summed E-state index contributed by atoms with van der Waals surface area (Å²) in [6, 6.07) is 0.597. The van der Waals surface area contributed by atoms with Gasteiger partial charge in [0.25, 0.3) is 0 Å². The van der Waals surface area contributed by atoms with Crippen LogP contribution in [0.5, 0.6) is 0 Å². The highest BCUT2D eigenvalue weighted by Crippen LogP contribution is 2.36. The van der Waals surface area contributed by atoms with Crippen molar-refractivity contribution in [2.24, 2.45) is 5.41 Å². The van der Waals surface area contributed by atoms with Crippen molar-refractivity contribution in [2.45, 2.75) is 45.3 Å². The Morgan fingerprint density at radius 2 is 2.11 bits per heavy atom. The van der Waals surface area contributed by atoms with Crippen LogP contribution in [0.25, 0.3) is 0 Å². The van der Waals surface area contributed by atoms with Crippen LogP contribution in [0.3, 0.4) is 0 Å². The monoisotopic (exact) mass is 256 g/mol. The summed E-state index contributed by atoms with van der Waals surface area (Å²) in [4.78, 5) is 2.29. The van der Waals surface area contributed by atoms with Crippen molar-refractivity contribution < 1.29 is 9.84 Å². The fourth-order valence-electron chi connectivity index (χ4n) is 3.06. The summed E-state index contributed by atoms with van der Waals surface area (Å²) in [5.41, 5.74) is 0.479. The van der Waals surface area contributed by atoms with E-state index in [0.29, 0.717) is 11.5 Å². The molecule has 0 aromatic carbocycles. The molecule has 0 bridgehead atoms. The quantitative estimate of drug-likeness (QED) is 0.765. The lowest BCUT2D eigenvalue weighted by Crippen LogP contribution is -2.45. The second-order valence-corrected chi connectivity index (χ2v) is 6.58. The lowest BCUT2D eigenvalue weighted by atomic mass is 9.92. The van der Waals surface area contributed by atoms with Crippen LogP contribution in [0.1, 0.15) is 33.1 Å². The lowest BCUT2D eigenvalue weighted by molar-refractivity contribution is 0.0144. The van der Waals surface area contributed by atoms with Crippen LogP contribution in [0.2, 0.25) is 0 Å². The van der Waals surface area contributed by atoms with Crippen LogP contribution in [-0.4, -0.2) is 61.5 Å². The Bertz CT molecular complexity index is 252. The number of morpholine rings is 1. The summed E-state index contributed by atoms with van der Waals surface area (Å²) >= 11 is 0. The van der Waals surface area contributed by atoms with E-state index >= 15 is 0 Å². The molecule has 1 saturated carbocycles. The van der Waals surface area contributed by atoms with E-state index in [1.807, 2.05) is 0 Å². The van der Waals surface area contributed by atoms with E-state index in [0.717, 1.165) is 39.4 Å². The molecule has 2 fully saturated rings. The van der Waals surface area contributed by atoms with E-state index in [2.05, 4.69) is 24.1 Å². The first kappa shape index (κ1) is 14.3. The first-order chi connectivity index (χ1) is 8.55. The maximum absolute atomic E-state index is 10.0. The Labute approximate surface area is 111 Å². The predicted octanol–water partition coefficient (Wildman–Crippen LogP) is 0.848. The number of nitrogens with one attached hydrogen (secondary N) is 1. The molecule has 0 aromatic heterocycles. The smallest absolute Gasteiger partial charge is 0.0791 e. The first-order valence-electron chi connectivity index (χ1n) is 7.27. The van der Waals surface area contributed by atoms with Crippen LogP contribution in [-0.2, 0) is 4.74 Å². The van der Waals surface area contributed by atoms with Crippen molar-refractivity contribution in [2.75, 3.05) is 39.4 Å². The minimum Gasteiger partial charge on any atom is -0.390 e. The molecule has 4 nitrogen and oxygen atoms in total. The summed E-state index contributed by atoms with van der Waals surface area (Å²) < 4.78 is 5.31. The van der Waals surface area contributed by atoms with Gasteiger partial charge in [-0.2, -0.15) is 0 Å². The molecule has 18 heavy (non-hydrogen) atoms. The van der Waals surface area contributed by atoms with Gasteiger partial charge in [-0.15, -0.1) is 0 Å². The average molecular weight is 256 g/mol. The number of hydrogen-bond donors (Lipinski definition) is 2. The summed E-state index contributed by atoms with van der Waals surface area (Å²) in [6.07, 6.45) is 3.52. The van der Waals surface area contributed by atoms with Gasteiger partial charge in [-0.1, -0.05) is 13.8 Å². The Kier molecular flexibility index (Phi) is 5.01. The Morgan fingerprint density at radius 1 is 1.39 bits per heavy atom. The van der Waals surface area contributed by atoms with Crippen molar-refractivity contribution in [3.8, 4) is 0 Å². The largest absolute Gasteiger partial charge is 0.390 e.